The Morgan fingerprint density at radius 1 is 0.511 bits per heavy atom. The highest BCUT2D eigenvalue weighted by molar-refractivity contribution is 6.67. The molecule has 0 saturated heterocycles. The Balaban J connectivity index is 0.000000181. The van der Waals surface area contributed by atoms with Gasteiger partial charge in [-0.15, -0.1) is 0 Å². The van der Waals surface area contributed by atoms with Crippen molar-refractivity contribution in [2.75, 3.05) is 41.5 Å². The highest BCUT2D eigenvalue weighted by Crippen LogP contribution is 2.34. The zero-order valence-electron chi connectivity index (χ0n) is 51.1. The summed E-state index contributed by atoms with van der Waals surface area (Å²) in [5.74, 6) is 2.79. The van der Waals surface area contributed by atoms with Crippen LogP contribution in [0.4, 0.5) is 32.6 Å². The summed E-state index contributed by atoms with van der Waals surface area (Å²) in [5, 5.41) is 22.1. The molecule has 10 rings (SSSR count). The number of fused-ring (bicyclic) bond motifs is 2. The van der Waals surface area contributed by atoms with Crippen molar-refractivity contribution in [2.24, 2.45) is 0 Å². The topological polar surface area (TPSA) is 185 Å². The van der Waals surface area contributed by atoms with Crippen molar-refractivity contribution < 1.29 is 23.8 Å². The van der Waals surface area contributed by atoms with Gasteiger partial charge >= 0.3 is 12.1 Å². The number of anilines is 4. The number of urea groups is 1. The van der Waals surface area contributed by atoms with E-state index in [2.05, 4.69) is 70.0 Å². The predicted octanol–water partition coefficient (Wildman–Crippen LogP) is 17.7. The first-order chi connectivity index (χ1) is 42.1. The lowest BCUT2D eigenvalue weighted by molar-refractivity contribution is 0.163. The number of carbonyl (C=O) groups excluding carboxylic acids is 2. The van der Waals surface area contributed by atoms with Gasteiger partial charge in [0.2, 0.25) is 3.79 Å². The van der Waals surface area contributed by atoms with Gasteiger partial charge in [0.1, 0.15) is 29.7 Å². The molecule has 0 saturated carbocycles. The summed E-state index contributed by atoms with van der Waals surface area (Å²) in [5.41, 5.74) is 15.4. The molecule has 4 aromatic heterocycles. The predicted molar refractivity (Wildman–Crippen MR) is 360 cm³/mol. The molecule has 88 heavy (non-hydrogen) atoms. The number of pyridine rings is 2. The van der Waals surface area contributed by atoms with Crippen LogP contribution in [-0.2, 0) is 28.4 Å². The first-order valence-corrected chi connectivity index (χ1v) is 30.5. The Labute approximate surface area is 530 Å². The number of ether oxygens (including phenoxy) is 3. The number of unbranched alkanes of at least 4 members (excludes halogenated alkanes) is 2. The second-order valence-electron chi connectivity index (χ2n) is 23.4. The number of hydrogen-bond donors (Lipinski definition) is 4. The molecule has 0 unspecified atom stereocenters. The number of aryl methyl sites for hydroxylation is 4. The van der Waals surface area contributed by atoms with E-state index in [0.717, 1.165) is 111 Å². The number of aromatic nitrogens is 6. The summed E-state index contributed by atoms with van der Waals surface area (Å²) in [4.78, 5) is 33.4. The largest absolute Gasteiger partial charge is 0.493 e. The van der Waals surface area contributed by atoms with E-state index in [1.807, 2.05) is 193 Å². The molecule has 6 aromatic carbocycles. The van der Waals surface area contributed by atoms with Gasteiger partial charge in [-0.1, -0.05) is 160 Å². The maximum atomic E-state index is 13.3. The summed E-state index contributed by atoms with van der Waals surface area (Å²) in [6, 6.07) is 51.2. The fraction of sp³-hybridized carbons (Fsp3) is 0.286. The minimum absolute atomic E-state index is 0.173. The van der Waals surface area contributed by atoms with Crippen LogP contribution in [-0.4, -0.2) is 65.3 Å². The van der Waals surface area contributed by atoms with Gasteiger partial charge in [0, 0.05) is 75.0 Å². The van der Waals surface area contributed by atoms with E-state index in [9.17, 15) is 9.59 Å². The molecule has 0 aliphatic heterocycles. The average molecular weight is 1240 g/mol. The number of nitrogens with one attached hydrogen (secondary N) is 3. The minimum atomic E-state index is -1.66. The number of halogens is 3. The third kappa shape index (κ3) is 19.2. The molecule has 5 N–H and O–H groups in total. The number of nitrogen functional groups attached to an aromatic ring is 1. The van der Waals surface area contributed by atoms with E-state index < -0.39 is 9.89 Å². The standard InChI is InChI=1S/C33H35N5O2.C20H22N2O.C17H20Cl3N3O2/c1-23-11-13-25(14-12-23)38-31(22-30(37-38)33(2,3)4)36-32(39)35-28-15-16-29(27-10-6-5-9-26(27)28)40-21-7-8-24-17-19-34-20-18-24;21-19-9-10-20(18-8-4-3-7-17(18)19)23-15-5-1-2-6-16-11-13-22-14-12-16;1-11-5-7-12(8-6-11)23-14(9-13(22-23)16(2,3)4)21-15(24)25-10-17(18,19)20/h5-6,9-20,22H,7-8,21H2,1-4H3,(H2,35,36,39);3-4,7-14H,1-2,5-6,15,21H2;5-9H,10H2,1-4H3,(H,21,24). The number of nitrogens with zero attached hydrogens (tertiary/aromatic N) is 6. The fourth-order valence-electron chi connectivity index (χ4n) is 9.27. The fourth-order valence-corrected chi connectivity index (χ4v) is 9.43. The smallest absolute Gasteiger partial charge is 0.412 e. The number of hydrogen-bond acceptors (Lipinski definition) is 10. The van der Waals surface area contributed by atoms with Gasteiger partial charge in [-0.25, -0.2) is 19.0 Å². The number of rotatable bonds is 18. The second kappa shape index (κ2) is 30.3. The summed E-state index contributed by atoms with van der Waals surface area (Å²) in [6.07, 6.45) is 12.9. The van der Waals surface area contributed by atoms with Crippen molar-refractivity contribution in [3.05, 3.63) is 216 Å². The van der Waals surface area contributed by atoms with Gasteiger partial charge in [0.05, 0.1) is 41.7 Å². The van der Waals surface area contributed by atoms with Crippen LogP contribution < -0.4 is 31.2 Å². The Kier molecular flexibility index (Phi) is 22.5. The van der Waals surface area contributed by atoms with Crippen LogP contribution in [0.15, 0.2) is 183 Å². The van der Waals surface area contributed by atoms with Gasteiger partial charge in [-0.05, 0) is 136 Å². The molecule has 0 radical (unpaired) electrons. The molecule has 0 fully saturated rings. The molecule has 0 spiro atoms. The van der Waals surface area contributed by atoms with Crippen molar-refractivity contribution in [2.45, 2.75) is 109 Å². The van der Waals surface area contributed by atoms with Crippen molar-refractivity contribution in [1.29, 1.82) is 0 Å². The normalized spacial score (nSPS) is 11.4. The molecular weight excluding hydrogens is 1170 g/mol. The van der Waals surface area contributed by atoms with E-state index >= 15 is 0 Å². The van der Waals surface area contributed by atoms with Gasteiger partial charge in [0.25, 0.3) is 0 Å². The van der Waals surface area contributed by atoms with Gasteiger partial charge < -0.3 is 25.3 Å². The zero-order valence-corrected chi connectivity index (χ0v) is 53.4. The van der Waals surface area contributed by atoms with Crippen molar-refractivity contribution in [3.63, 3.8) is 0 Å². The first kappa shape index (κ1) is 65.3. The number of nitrogens with two attached hydrogens (primary N) is 1. The summed E-state index contributed by atoms with van der Waals surface area (Å²) in [7, 11) is 0. The zero-order chi connectivity index (χ0) is 62.8. The van der Waals surface area contributed by atoms with E-state index in [1.54, 1.807) is 15.4 Å². The van der Waals surface area contributed by atoms with E-state index in [4.69, 9.17) is 59.8 Å². The highest BCUT2D eigenvalue weighted by atomic mass is 35.6. The highest BCUT2D eigenvalue weighted by Gasteiger charge is 2.26. The molecule has 10 aromatic rings. The molecule has 4 heterocycles. The molecule has 15 nitrogen and oxygen atoms in total. The van der Waals surface area contributed by atoms with E-state index in [1.165, 1.54) is 17.5 Å². The first-order valence-electron chi connectivity index (χ1n) is 29.3. The van der Waals surface area contributed by atoms with Gasteiger partial charge in [-0.3, -0.25) is 20.6 Å². The van der Waals surface area contributed by atoms with E-state index in [-0.39, 0.29) is 23.5 Å². The second-order valence-corrected chi connectivity index (χ2v) is 25.9. The quantitative estimate of drug-likeness (QED) is 0.0366. The maximum absolute atomic E-state index is 13.3. The summed E-state index contributed by atoms with van der Waals surface area (Å²) < 4.78 is 18.8. The van der Waals surface area contributed by atoms with Crippen LogP contribution in [0.2, 0.25) is 0 Å². The van der Waals surface area contributed by atoms with Crippen LogP contribution in [0.25, 0.3) is 32.9 Å². The van der Waals surface area contributed by atoms with Crippen molar-refractivity contribution in [1.82, 2.24) is 29.5 Å². The molecule has 0 bridgehead atoms. The van der Waals surface area contributed by atoms with Crippen LogP contribution in [0.5, 0.6) is 11.5 Å². The average Bonchev–Trinajstić information content (AvgIpc) is 2.18. The number of carbonyl (C=O) groups is 2. The SMILES string of the molecule is Cc1ccc(-n2nc(C(C)(C)C)cc2NC(=O)Nc2ccc(OCCCc3ccncc3)c3ccccc23)cc1.Cc1ccc(-n2nc(C(C)(C)C)cc2NC(=O)OCC(Cl)(Cl)Cl)cc1.Nc1ccc(OCCCCCc2ccncc2)c2ccccc12. The van der Waals surface area contributed by atoms with E-state index in [0.29, 0.717) is 23.9 Å². The Hall–Kier alpha value is -8.63. The lowest BCUT2D eigenvalue weighted by Gasteiger charge is -2.14. The number of alkyl halides is 3. The summed E-state index contributed by atoms with van der Waals surface area (Å²) in [6.45, 7) is 17.5. The third-order valence-electron chi connectivity index (χ3n) is 14.1. The molecule has 0 aliphatic rings. The van der Waals surface area contributed by atoms with Crippen LogP contribution in [0, 0.1) is 13.8 Å². The molecule has 3 amide bonds. The third-order valence-corrected chi connectivity index (χ3v) is 14.5. The molecule has 0 aliphatic carbocycles. The minimum Gasteiger partial charge on any atom is -0.493 e. The van der Waals surface area contributed by atoms with Crippen molar-refractivity contribution >= 4 is 91.5 Å². The molecule has 458 valence electrons. The molecule has 18 heteroatoms. The number of benzene rings is 6. The monoisotopic (exact) mass is 1240 g/mol. The van der Waals surface area contributed by atoms with Crippen molar-refractivity contribution in [3.8, 4) is 22.9 Å². The number of amides is 3. The van der Waals surface area contributed by atoms with Crippen LogP contribution in [0.1, 0.15) is 101 Å². The lowest BCUT2D eigenvalue weighted by Crippen LogP contribution is -2.22. The Morgan fingerprint density at radius 2 is 0.966 bits per heavy atom. The van der Waals surface area contributed by atoms with Gasteiger partial charge in [0.15, 0.2) is 0 Å². The maximum Gasteiger partial charge on any atom is 0.412 e. The summed E-state index contributed by atoms with van der Waals surface area (Å²) >= 11 is 16.8. The van der Waals surface area contributed by atoms with Crippen LogP contribution in [0.3, 0.4) is 0 Å². The molecule has 0 atom stereocenters. The van der Waals surface area contributed by atoms with Crippen LogP contribution >= 0.6 is 34.8 Å². The lowest BCUT2D eigenvalue weighted by atomic mass is 9.92. The van der Waals surface area contributed by atoms with Gasteiger partial charge in [-0.2, -0.15) is 10.2 Å². The molecular formula is C70H77Cl3N10O5. The Morgan fingerprint density at radius 3 is 1.48 bits per heavy atom. The Bertz CT molecular complexity index is 3880.